The van der Waals surface area contributed by atoms with Gasteiger partial charge in [-0.2, -0.15) is 18.2 Å². The zero-order valence-electron chi connectivity index (χ0n) is 27.5. The van der Waals surface area contributed by atoms with Crippen molar-refractivity contribution in [3.63, 3.8) is 0 Å². The number of anilines is 2. The maximum Gasteiger partial charge on any atom is 0.416 e. The molecule has 0 fully saturated rings. The van der Waals surface area contributed by atoms with E-state index in [-0.39, 0.29) is 28.5 Å². The zero-order valence-corrected chi connectivity index (χ0v) is 28.5. The summed E-state index contributed by atoms with van der Waals surface area (Å²) in [5.41, 5.74) is 0.835. The molecule has 3 aromatic carbocycles. The molecule has 0 aliphatic rings. The van der Waals surface area contributed by atoms with Gasteiger partial charge in [0.2, 0.25) is 5.95 Å². The second-order valence-corrected chi connectivity index (χ2v) is 16.8. The first kappa shape index (κ1) is 33.9. The quantitative estimate of drug-likeness (QED) is 0.147. The summed E-state index contributed by atoms with van der Waals surface area (Å²) in [5.74, 6) is 0.814. The third kappa shape index (κ3) is 7.41. The van der Waals surface area contributed by atoms with Crippen LogP contribution < -0.4 is 20.4 Å². The molecule has 5 aromatic rings. The van der Waals surface area contributed by atoms with E-state index in [2.05, 4.69) is 86.5 Å². The Morgan fingerprint density at radius 1 is 0.894 bits per heavy atom. The molecule has 11 heteroatoms. The van der Waals surface area contributed by atoms with Crippen molar-refractivity contribution in [2.24, 2.45) is 0 Å². The minimum Gasteiger partial charge on any atom is -0.497 e. The number of pyridine rings is 1. The van der Waals surface area contributed by atoms with E-state index in [1.807, 2.05) is 31.2 Å². The Labute approximate surface area is 274 Å². The largest absolute Gasteiger partial charge is 0.497 e. The van der Waals surface area contributed by atoms with E-state index in [1.165, 1.54) is 23.5 Å². The number of halogens is 3. The van der Waals surface area contributed by atoms with Gasteiger partial charge >= 0.3 is 6.18 Å². The lowest BCUT2D eigenvalue weighted by molar-refractivity contribution is -0.137. The predicted molar refractivity (Wildman–Crippen MR) is 182 cm³/mol. The Morgan fingerprint density at radius 2 is 1.53 bits per heavy atom. The number of aromatic nitrogens is 4. The molecular weight excluding hydrogens is 620 g/mol. The average Bonchev–Trinajstić information content (AvgIpc) is 3.44. The Bertz CT molecular complexity index is 1750. The number of rotatable bonds is 11. The molecule has 0 unspecified atom stereocenters. The fraction of sp³-hybridized carbons (Fsp3) is 0.306. The number of methoxy groups -OCH3 is 1. The average molecular weight is 660 g/mol. The lowest BCUT2D eigenvalue weighted by Gasteiger charge is -2.45. The van der Waals surface area contributed by atoms with Crippen molar-refractivity contribution < 1.29 is 22.3 Å². The van der Waals surface area contributed by atoms with Crippen molar-refractivity contribution in [2.45, 2.75) is 64.8 Å². The topological polar surface area (TPSA) is 74.1 Å². The van der Waals surface area contributed by atoms with Gasteiger partial charge in [0.25, 0.3) is 8.32 Å². The van der Waals surface area contributed by atoms with Crippen LogP contribution in [-0.4, -0.2) is 41.3 Å². The molecule has 5 rings (SSSR count). The molecule has 0 aliphatic heterocycles. The number of nitrogens with one attached hydrogen (secondary N) is 1. The number of benzene rings is 3. The van der Waals surface area contributed by atoms with E-state index in [0.717, 1.165) is 23.5 Å². The molecule has 0 amide bonds. The van der Waals surface area contributed by atoms with Crippen LogP contribution in [0.5, 0.6) is 5.75 Å². The second kappa shape index (κ2) is 13.7. The molecule has 0 saturated carbocycles. The summed E-state index contributed by atoms with van der Waals surface area (Å²) in [7, 11) is -1.56. The summed E-state index contributed by atoms with van der Waals surface area (Å²) in [6.45, 7) is 10.7. The highest BCUT2D eigenvalue weighted by molar-refractivity contribution is 6.99. The van der Waals surface area contributed by atoms with Crippen LogP contribution in [0.25, 0.3) is 5.69 Å². The van der Waals surface area contributed by atoms with Crippen LogP contribution in [0.15, 0.2) is 97.2 Å². The summed E-state index contributed by atoms with van der Waals surface area (Å²) in [6.07, 6.45) is -2.02. The molecule has 0 spiro atoms. The van der Waals surface area contributed by atoms with Crippen molar-refractivity contribution in [2.75, 3.05) is 12.4 Å². The van der Waals surface area contributed by atoms with Crippen LogP contribution in [-0.2, 0) is 17.0 Å². The number of hydrogen-bond acceptors (Lipinski definition) is 6. The van der Waals surface area contributed by atoms with E-state index in [0.29, 0.717) is 18.7 Å². The summed E-state index contributed by atoms with van der Waals surface area (Å²) < 4.78 is 55.3. The zero-order chi connectivity index (χ0) is 33.8. The van der Waals surface area contributed by atoms with Gasteiger partial charge in [0, 0.05) is 30.1 Å². The van der Waals surface area contributed by atoms with Crippen molar-refractivity contribution in [3.8, 4) is 11.4 Å². The molecule has 2 aromatic heterocycles. The van der Waals surface area contributed by atoms with E-state index < -0.39 is 20.1 Å². The van der Waals surface area contributed by atoms with Crippen LogP contribution in [0.2, 0.25) is 5.04 Å². The summed E-state index contributed by atoms with van der Waals surface area (Å²) in [5, 5.41) is 9.81. The van der Waals surface area contributed by atoms with Crippen molar-refractivity contribution in [1.29, 1.82) is 0 Å². The molecule has 246 valence electrons. The van der Waals surface area contributed by atoms with Crippen molar-refractivity contribution in [1.82, 2.24) is 19.7 Å². The third-order valence-corrected chi connectivity index (χ3v) is 13.2. The van der Waals surface area contributed by atoms with Gasteiger partial charge in [0.05, 0.1) is 24.5 Å². The van der Waals surface area contributed by atoms with Gasteiger partial charge in [0.15, 0.2) is 0 Å². The van der Waals surface area contributed by atoms with Crippen LogP contribution in [0, 0.1) is 6.92 Å². The molecule has 47 heavy (non-hydrogen) atoms. The first-order valence-corrected chi connectivity index (χ1v) is 17.5. The van der Waals surface area contributed by atoms with E-state index >= 15 is 0 Å². The van der Waals surface area contributed by atoms with Crippen LogP contribution in [0.4, 0.5) is 24.8 Å². The summed E-state index contributed by atoms with van der Waals surface area (Å²) in [4.78, 5) is 9.14. The van der Waals surface area contributed by atoms with Crippen molar-refractivity contribution >= 4 is 30.3 Å². The summed E-state index contributed by atoms with van der Waals surface area (Å²) in [6, 6.07) is 28.0. The van der Waals surface area contributed by atoms with E-state index in [9.17, 15) is 13.2 Å². The molecule has 2 heterocycles. The number of aryl methyl sites for hydroxylation is 1. The number of hydrogen-bond donors (Lipinski definition) is 1. The fourth-order valence-electron chi connectivity index (χ4n) is 5.89. The predicted octanol–water partition coefficient (Wildman–Crippen LogP) is 7.64. The normalized spacial score (nSPS) is 13.0. The number of alkyl halides is 3. The standard InChI is InChI=1S/C36H40F3N5O2Si/c1-7-29(46-47(35(3,4)5,31-14-10-8-11-15-31)32-16-12-9-13-17-32)24-33-42-34(43-44(33)28-18-19-40-25(2)20-28)41-27-21-26(36(37,38)39)22-30(23-27)45-6/h8-23,29H,7,24H2,1-6H3,(H,41,43)/t29-/m1/s1. The molecule has 7 nitrogen and oxygen atoms in total. The lowest BCUT2D eigenvalue weighted by atomic mass is 10.2. The Hall–Kier alpha value is -4.48. The second-order valence-electron chi connectivity index (χ2n) is 12.5. The molecule has 0 saturated heterocycles. The Balaban J connectivity index is 1.58. The van der Waals surface area contributed by atoms with Gasteiger partial charge in [-0.05, 0) is 53.0 Å². The van der Waals surface area contributed by atoms with Gasteiger partial charge in [-0.3, -0.25) is 4.98 Å². The van der Waals surface area contributed by atoms with Crippen LogP contribution >= 0.6 is 0 Å². The van der Waals surface area contributed by atoms with Gasteiger partial charge in [-0.1, -0.05) is 88.4 Å². The van der Waals surface area contributed by atoms with Crippen LogP contribution in [0.3, 0.4) is 0 Å². The van der Waals surface area contributed by atoms with Crippen molar-refractivity contribution in [3.05, 3.63) is 114 Å². The lowest BCUT2D eigenvalue weighted by Crippen LogP contribution is -2.67. The van der Waals surface area contributed by atoms with Gasteiger partial charge in [-0.25, -0.2) is 4.68 Å². The van der Waals surface area contributed by atoms with Gasteiger partial charge in [0.1, 0.15) is 11.6 Å². The molecule has 1 N–H and O–H groups in total. The number of ether oxygens (including phenoxy) is 1. The highest BCUT2D eigenvalue weighted by Gasteiger charge is 2.51. The maximum absolute atomic E-state index is 13.7. The van der Waals surface area contributed by atoms with Crippen LogP contribution in [0.1, 0.15) is 51.2 Å². The SMILES string of the molecule is CC[C@H](Cc1nc(Nc2cc(OC)cc(C(F)(F)F)c2)nn1-c1ccnc(C)c1)O[Si](c1ccccc1)(c1ccccc1)C(C)(C)C. The van der Waals surface area contributed by atoms with Gasteiger partial charge in [-0.15, -0.1) is 5.10 Å². The Kier molecular flexibility index (Phi) is 9.88. The highest BCUT2D eigenvalue weighted by atomic mass is 28.4. The minimum atomic E-state index is -4.55. The highest BCUT2D eigenvalue weighted by Crippen LogP contribution is 2.39. The fourth-order valence-corrected chi connectivity index (χ4v) is 10.7. The molecule has 0 bridgehead atoms. The smallest absolute Gasteiger partial charge is 0.416 e. The molecular formula is C36H40F3N5O2Si. The third-order valence-electron chi connectivity index (χ3n) is 8.15. The molecule has 0 aliphatic carbocycles. The first-order valence-electron chi connectivity index (χ1n) is 15.5. The minimum absolute atomic E-state index is 0.0662. The monoisotopic (exact) mass is 659 g/mol. The Morgan fingerprint density at radius 3 is 2.06 bits per heavy atom. The van der Waals surface area contributed by atoms with E-state index in [4.69, 9.17) is 19.2 Å². The van der Waals surface area contributed by atoms with E-state index in [1.54, 1.807) is 10.9 Å². The first-order chi connectivity index (χ1) is 22.3. The van der Waals surface area contributed by atoms with Gasteiger partial charge < -0.3 is 14.5 Å². The summed E-state index contributed by atoms with van der Waals surface area (Å²) >= 11 is 0. The number of nitrogens with zero attached hydrogens (tertiary/aromatic N) is 4. The molecule has 0 radical (unpaired) electrons. The maximum atomic E-state index is 13.7. The molecule has 1 atom stereocenters.